The average molecular weight is 363 g/mol. The molecule has 0 aliphatic heterocycles. The summed E-state index contributed by atoms with van der Waals surface area (Å²) in [4.78, 5) is 24.5. The standard InChI is InChI=1S/C16H21N5O3S/c1-3-8-20-15(23)14-11(6-10-25-14)21-12(18-19-16(20)21)4-5-13(22)17-7-9-24-2/h6,10H,3-5,7-9H2,1-2H3,(H,17,22). The first-order chi connectivity index (χ1) is 12.2. The van der Waals surface area contributed by atoms with Gasteiger partial charge in [0.2, 0.25) is 11.7 Å². The monoisotopic (exact) mass is 363 g/mol. The van der Waals surface area contributed by atoms with Gasteiger partial charge in [-0.2, -0.15) is 0 Å². The Morgan fingerprint density at radius 1 is 1.40 bits per heavy atom. The van der Waals surface area contributed by atoms with E-state index in [-0.39, 0.29) is 11.5 Å². The SMILES string of the molecule is CCCn1c(=O)c2sccc2n2c(CCC(=O)NCCOC)nnc12. The van der Waals surface area contributed by atoms with Crippen molar-refractivity contribution in [3.05, 3.63) is 27.6 Å². The van der Waals surface area contributed by atoms with Gasteiger partial charge in [0.25, 0.3) is 5.56 Å². The molecule has 1 amide bonds. The fraction of sp³-hybridized carbons (Fsp3) is 0.500. The fourth-order valence-corrected chi connectivity index (χ4v) is 3.60. The molecule has 3 aromatic rings. The maximum atomic E-state index is 12.6. The molecular weight excluding hydrogens is 342 g/mol. The van der Waals surface area contributed by atoms with Crippen LogP contribution in [0, 0.1) is 0 Å². The minimum atomic E-state index is -0.0581. The molecule has 0 bridgehead atoms. The van der Waals surface area contributed by atoms with Crippen LogP contribution in [0.2, 0.25) is 0 Å². The first-order valence-electron chi connectivity index (χ1n) is 8.27. The third-order valence-corrected chi connectivity index (χ3v) is 4.82. The van der Waals surface area contributed by atoms with E-state index >= 15 is 0 Å². The molecular formula is C16H21N5O3S. The molecule has 0 aliphatic rings. The average Bonchev–Trinajstić information content (AvgIpc) is 3.23. The molecule has 0 saturated heterocycles. The number of methoxy groups -OCH3 is 1. The molecule has 0 unspecified atom stereocenters. The molecule has 0 saturated carbocycles. The first-order valence-corrected chi connectivity index (χ1v) is 9.15. The first kappa shape index (κ1) is 17.6. The van der Waals surface area contributed by atoms with Crippen LogP contribution in [0.1, 0.15) is 25.6 Å². The summed E-state index contributed by atoms with van der Waals surface area (Å²) < 4.78 is 9.16. The quantitative estimate of drug-likeness (QED) is 0.608. The largest absolute Gasteiger partial charge is 0.383 e. The van der Waals surface area contributed by atoms with E-state index in [0.717, 1.165) is 11.9 Å². The van der Waals surface area contributed by atoms with Crippen molar-refractivity contribution in [1.29, 1.82) is 0 Å². The number of thiophene rings is 1. The Balaban J connectivity index is 1.92. The molecule has 8 nitrogen and oxygen atoms in total. The Labute approximate surface area is 148 Å². The van der Waals surface area contributed by atoms with Gasteiger partial charge in [0.05, 0.1) is 12.1 Å². The number of rotatable bonds is 8. The topological polar surface area (TPSA) is 90.5 Å². The minimum Gasteiger partial charge on any atom is -0.383 e. The van der Waals surface area contributed by atoms with E-state index in [9.17, 15) is 9.59 Å². The summed E-state index contributed by atoms with van der Waals surface area (Å²) in [5.74, 6) is 1.16. The second-order valence-corrected chi connectivity index (χ2v) is 6.60. The summed E-state index contributed by atoms with van der Waals surface area (Å²) in [5.41, 5.74) is 0.771. The van der Waals surface area contributed by atoms with E-state index < -0.39 is 0 Å². The summed E-state index contributed by atoms with van der Waals surface area (Å²) in [7, 11) is 1.59. The van der Waals surface area contributed by atoms with Crippen LogP contribution in [0.25, 0.3) is 16.0 Å². The molecule has 134 valence electrons. The van der Waals surface area contributed by atoms with Crippen molar-refractivity contribution in [1.82, 2.24) is 24.5 Å². The van der Waals surface area contributed by atoms with E-state index in [1.54, 1.807) is 11.7 Å². The van der Waals surface area contributed by atoms with Crippen LogP contribution < -0.4 is 10.9 Å². The van der Waals surface area contributed by atoms with Gasteiger partial charge in [-0.1, -0.05) is 6.92 Å². The van der Waals surface area contributed by atoms with Crippen LogP contribution in [0.5, 0.6) is 0 Å². The number of carbonyl (C=O) groups is 1. The second-order valence-electron chi connectivity index (χ2n) is 5.69. The molecule has 25 heavy (non-hydrogen) atoms. The summed E-state index contributed by atoms with van der Waals surface area (Å²) in [6.45, 7) is 3.58. The third kappa shape index (κ3) is 3.42. The molecule has 0 aromatic carbocycles. The summed E-state index contributed by atoms with van der Waals surface area (Å²) in [5, 5.41) is 13.1. The van der Waals surface area contributed by atoms with E-state index in [1.165, 1.54) is 11.3 Å². The number of nitrogens with one attached hydrogen (secondary N) is 1. The number of amides is 1. The number of nitrogens with zero attached hydrogens (tertiary/aromatic N) is 4. The Morgan fingerprint density at radius 3 is 3.00 bits per heavy atom. The number of hydrogen-bond donors (Lipinski definition) is 1. The Kier molecular flexibility index (Phi) is 5.44. The van der Waals surface area contributed by atoms with Gasteiger partial charge in [-0.3, -0.25) is 18.6 Å². The van der Waals surface area contributed by atoms with E-state index in [4.69, 9.17) is 4.74 Å². The highest BCUT2D eigenvalue weighted by atomic mass is 32.1. The maximum Gasteiger partial charge on any atom is 0.272 e. The molecule has 3 heterocycles. The Hall–Kier alpha value is -2.26. The molecule has 0 fully saturated rings. The number of carbonyl (C=O) groups excluding carboxylic acids is 1. The minimum absolute atomic E-state index is 0.0318. The molecule has 0 atom stereocenters. The second kappa shape index (κ2) is 7.75. The van der Waals surface area contributed by atoms with Gasteiger partial charge in [0, 0.05) is 33.0 Å². The molecule has 0 radical (unpaired) electrons. The van der Waals surface area contributed by atoms with Crippen LogP contribution >= 0.6 is 11.3 Å². The number of fused-ring (bicyclic) bond motifs is 3. The fourth-order valence-electron chi connectivity index (χ4n) is 2.77. The van der Waals surface area contributed by atoms with Crippen molar-refractivity contribution >= 4 is 33.2 Å². The zero-order valence-corrected chi connectivity index (χ0v) is 15.1. The van der Waals surface area contributed by atoms with Gasteiger partial charge in [0.15, 0.2) is 0 Å². The summed E-state index contributed by atoms with van der Waals surface area (Å²) >= 11 is 1.42. The zero-order chi connectivity index (χ0) is 17.8. The van der Waals surface area contributed by atoms with Crippen LogP contribution in [-0.4, -0.2) is 45.3 Å². The van der Waals surface area contributed by atoms with Crippen LogP contribution in [0.4, 0.5) is 0 Å². The number of hydrogen-bond acceptors (Lipinski definition) is 6. The normalized spacial score (nSPS) is 11.4. The highest BCUT2D eigenvalue weighted by Gasteiger charge is 2.17. The zero-order valence-electron chi connectivity index (χ0n) is 14.3. The van der Waals surface area contributed by atoms with Crippen molar-refractivity contribution in [3.63, 3.8) is 0 Å². The molecule has 3 aromatic heterocycles. The lowest BCUT2D eigenvalue weighted by atomic mass is 10.2. The highest BCUT2D eigenvalue weighted by Crippen LogP contribution is 2.20. The number of ether oxygens (including phenoxy) is 1. The molecule has 0 spiro atoms. The van der Waals surface area contributed by atoms with Gasteiger partial charge < -0.3 is 10.1 Å². The van der Waals surface area contributed by atoms with Gasteiger partial charge in [-0.05, 0) is 17.9 Å². The van der Waals surface area contributed by atoms with E-state index in [1.807, 2.05) is 22.8 Å². The van der Waals surface area contributed by atoms with Crippen LogP contribution in [-0.2, 0) is 22.5 Å². The van der Waals surface area contributed by atoms with Gasteiger partial charge in [-0.25, -0.2) is 0 Å². The Bertz CT molecular complexity index is 942. The predicted octanol–water partition coefficient (Wildman–Crippen LogP) is 1.21. The van der Waals surface area contributed by atoms with E-state index in [0.29, 0.717) is 48.8 Å². The highest BCUT2D eigenvalue weighted by molar-refractivity contribution is 7.17. The lowest BCUT2D eigenvalue weighted by Gasteiger charge is -2.08. The Morgan fingerprint density at radius 2 is 2.24 bits per heavy atom. The summed E-state index contributed by atoms with van der Waals surface area (Å²) in [6, 6.07) is 1.90. The third-order valence-electron chi connectivity index (χ3n) is 3.93. The molecule has 1 N–H and O–H groups in total. The lowest BCUT2D eigenvalue weighted by molar-refractivity contribution is -0.121. The van der Waals surface area contributed by atoms with Crippen molar-refractivity contribution in [3.8, 4) is 0 Å². The van der Waals surface area contributed by atoms with Crippen LogP contribution in [0.3, 0.4) is 0 Å². The number of aryl methyl sites for hydroxylation is 2. The van der Waals surface area contributed by atoms with E-state index in [2.05, 4.69) is 15.5 Å². The lowest BCUT2D eigenvalue weighted by Crippen LogP contribution is -2.27. The predicted molar refractivity (Wildman–Crippen MR) is 96.1 cm³/mol. The van der Waals surface area contributed by atoms with Crippen LogP contribution in [0.15, 0.2) is 16.2 Å². The van der Waals surface area contributed by atoms with Crippen molar-refractivity contribution < 1.29 is 9.53 Å². The smallest absolute Gasteiger partial charge is 0.272 e. The van der Waals surface area contributed by atoms with Crippen molar-refractivity contribution in [2.24, 2.45) is 0 Å². The molecule has 9 heteroatoms. The van der Waals surface area contributed by atoms with Crippen molar-refractivity contribution in [2.45, 2.75) is 32.7 Å². The maximum absolute atomic E-state index is 12.6. The van der Waals surface area contributed by atoms with Gasteiger partial charge >= 0.3 is 0 Å². The van der Waals surface area contributed by atoms with Gasteiger partial charge in [0.1, 0.15) is 10.5 Å². The molecule has 0 aliphatic carbocycles. The summed E-state index contributed by atoms with van der Waals surface area (Å²) in [6.07, 6.45) is 1.59. The molecule has 3 rings (SSSR count). The van der Waals surface area contributed by atoms with Gasteiger partial charge in [-0.15, -0.1) is 21.5 Å². The number of aromatic nitrogens is 4. The van der Waals surface area contributed by atoms with Crippen molar-refractivity contribution in [2.75, 3.05) is 20.3 Å².